The maximum atomic E-state index is 11.6. The van der Waals surface area contributed by atoms with E-state index in [0.29, 0.717) is 19.3 Å². The normalized spacial score (nSPS) is 12.4. The molecule has 0 bridgehead atoms. The molecule has 0 aromatic rings. The van der Waals surface area contributed by atoms with Gasteiger partial charge in [-0.1, -0.05) is 13.8 Å². The highest BCUT2D eigenvalue weighted by molar-refractivity contribution is 5.86. The Morgan fingerprint density at radius 1 is 1.41 bits per heavy atom. The molecule has 5 nitrogen and oxygen atoms in total. The van der Waals surface area contributed by atoms with Crippen molar-refractivity contribution >= 4 is 12.0 Å². The summed E-state index contributed by atoms with van der Waals surface area (Å²) < 4.78 is 0. The van der Waals surface area contributed by atoms with Gasteiger partial charge in [-0.05, 0) is 19.8 Å². The lowest BCUT2D eigenvalue weighted by Gasteiger charge is -2.28. The zero-order chi connectivity index (χ0) is 13.5. The fourth-order valence-corrected chi connectivity index (χ4v) is 1.49. The molecule has 3 N–H and O–H groups in total. The van der Waals surface area contributed by atoms with Crippen molar-refractivity contribution < 1.29 is 14.7 Å². The van der Waals surface area contributed by atoms with Crippen LogP contribution in [0.4, 0.5) is 4.79 Å². The Morgan fingerprint density at radius 3 is 2.29 bits per heavy atom. The van der Waals surface area contributed by atoms with Gasteiger partial charge in [-0.15, -0.1) is 12.3 Å². The lowest BCUT2D eigenvalue weighted by Crippen LogP contribution is -2.57. The standard InChI is InChI=1S/C12H20N2O3/c1-5-8-9(4)13-11(17)14-12(6-2,7-3)10(15)16/h1,9H,6-8H2,2-4H3,(H,15,16)(H2,13,14,17). The molecular formula is C12H20N2O3. The lowest BCUT2D eigenvalue weighted by atomic mass is 9.93. The zero-order valence-electron chi connectivity index (χ0n) is 10.5. The Bertz CT molecular complexity index is 316. The molecule has 96 valence electrons. The second-order valence-electron chi connectivity index (χ2n) is 4.00. The molecule has 0 rings (SSSR count). The van der Waals surface area contributed by atoms with Gasteiger partial charge in [0.2, 0.25) is 0 Å². The van der Waals surface area contributed by atoms with Crippen molar-refractivity contribution in [2.24, 2.45) is 0 Å². The summed E-state index contributed by atoms with van der Waals surface area (Å²) in [5, 5.41) is 14.2. The molecule has 1 unspecified atom stereocenters. The second kappa shape index (κ2) is 6.79. The molecule has 17 heavy (non-hydrogen) atoms. The molecule has 0 aliphatic rings. The van der Waals surface area contributed by atoms with E-state index in [4.69, 9.17) is 11.5 Å². The largest absolute Gasteiger partial charge is 0.480 e. The minimum Gasteiger partial charge on any atom is -0.480 e. The van der Waals surface area contributed by atoms with Gasteiger partial charge in [0.05, 0.1) is 0 Å². The summed E-state index contributed by atoms with van der Waals surface area (Å²) >= 11 is 0. The van der Waals surface area contributed by atoms with Crippen molar-refractivity contribution in [3.63, 3.8) is 0 Å². The van der Waals surface area contributed by atoms with Gasteiger partial charge in [0.25, 0.3) is 0 Å². The third-order valence-electron chi connectivity index (χ3n) is 2.77. The average Bonchev–Trinajstić information content (AvgIpc) is 2.25. The van der Waals surface area contributed by atoms with Gasteiger partial charge < -0.3 is 15.7 Å². The molecule has 1 atom stereocenters. The third kappa shape index (κ3) is 4.35. The zero-order valence-corrected chi connectivity index (χ0v) is 10.5. The highest BCUT2D eigenvalue weighted by Gasteiger charge is 2.36. The van der Waals surface area contributed by atoms with Crippen LogP contribution in [-0.2, 0) is 4.79 Å². The summed E-state index contributed by atoms with van der Waals surface area (Å²) in [6, 6.07) is -0.681. The summed E-state index contributed by atoms with van der Waals surface area (Å²) in [6.45, 7) is 5.21. The van der Waals surface area contributed by atoms with Crippen LogP contribution in [0.15, 0.2) is 0 Å². The first kappa shape index (κ1) is 15.3. The number of terminal acetylenes is 1. The van der Waals surface area contributed by atoms with Gasteiger partial charge in [-0.2, -0.15) is 0 Å². The van der Waals surface area contributed by atoms with Gasteiger partial charge in [0.1, 0.15) is 5.54 Å². The number of carbonyl (C=O) groups excluding carboxylic acids is 1. The van der Waals surface area contributed by atoms with Gasteiger partial charge >= 0.3 is 12.0 Å². The number of rotatable bonds is 6. The Kier molecular flexibility index (Phi) is 6.11. The molecule has 0 heterocycles. The minimum absolute atomic E-state index is 0.180. The van der Waals surface area contributed by atoms with Crippen molar-refractivity contribution in [2.45, 2.75) is 51.6 Å². The number of carbonyl (C=O) groups is 2. The van der Waals surface area contributed by atoms with E-state index >= 15 is 0 Å². The van der Waals surface area contributed by atoms with Crippen molar-refractivity contribution in [3.05, 3.63) is 0 Å². The van der Waals surface area contributed by atoms with Crippen molar-refractivity contribution in [3.8, 4) is 12.3 Å². The molecule has 0 spiro atoms. The Hall–Kier alpha value is -1.70. The third-order valence-corrected chi connectivity index (χ3v) is 2.77. The summed E-state index contributed by atoms with van der Waals surface area (Å²) in [6.07, 6.45) is 6.18. The van der Waals surface area contributed by atoms with Crippen LogP contribution in [0.2, 0.25) is 0 Å². The fraction of sp³-hybridized carbons (Fsp3) is 0.667. The molecule has 0 aliphatic heterocycles. The molecule has 0 aromatic heterocycles. The minimum atomic E-state index is -1.21. The van der Waals surface area contributed by atoms with E-state index in [0.717, 1.165) is 0 Å². The number of hydrogen-bond acceptors (Lipinski definition) is 2. The van der Waals surface area contributed by atoms with E-state index in [9.17, 15) is 9.59 Å². The Morgan fingerprint density at radius 2 is 1.94 bits per heavy atom. The summed E-state index contributed by atoms with van der Waals surface area (Å²) in [5.41, 5.74) is -1.21. The van der Waals surface area contributed by atoms with Crippen molar-refractivity contribution in [2.75, 3.05) is 0 Å². The van der Waals surface area contributed by atoms with E-state index in [1.165, 1.54) is 0 Å². The molecule has 0 radical (unpaired) electrons. The highest BCUT2D eigenvalue weighted by atomic mass is 16.4. The molecular weight excluding hydrogens is 220 g/mol. The monoisotopic (exact) mass is 240 g/mol. The Balaban J connectivity index is 4.53. The number of amides is 2. The fourth-order valence-electron chi connectivity index (χ4n) is 1.49. The maximum Gasteiger partial charge on any atom is 0.329 e. The number of hydrogen-bond donors (Lipinski definition) is 3. The van der Waals surface area contributed by atoms with Gasteiger partial charge in [-0.25, -0.2) is 9.59 Å². The average molecular weight is 240 g/mol. The number of carboxylic acids is 1. The van der Waals surface area contributed by atoms with E-state index in [2.05, 4.69) is 16.6 Å². The van der Waals surface area contributed by atoms with Gasteiger partial charge in [-0.3, -0.25) is 0 Å². The predicted molar refractivity (Wildman–Crippen MR) is 65.5 cm³/mol. The SMILES string of the molecule is C#CCC(C)NC(=O)NC(CC)(CC)C(=O)O. The lowest BCUT2D eigenvalue weighted by molar-refractivity contribution is -0.144. The number of urea groups is 1. The van der Waals surface area contributed by atoms with Crippen molar-refractivity contribution in [1.82, 2.24) is 10.6 Å². The number of carboxylic acid groups (broad SMARTS) is 1. The first-order valence-electron chi connectivity index (χ1n) is 5.67. The first-order valence-corrected chi connectivity index (χ1v) is 5.67. The number of aliphatic carboxylic acids is 1. The summed E-state index contributed by atoms with van der Waals surface area (Å²) in [4.78, 5) is 22.8. The summed E-state index contributed by atoms with van der Waals surface area (Å²) in [7, 11) is 0. The molecule has 0 aromatic carbocycles. The van der Waals surface area contributed by atoms with Crippen molar-refractivity contribution in [1.29, 1.82) is 0 Å². The second-order valence-corrected chi connectivity index (χ2v) is 4.00. The van der Waals surface area contributed by atoms with Crippen LogP contribution in [0.25, 0.3) is 0 Å². The van der Waals surface area contributed by atoms with Crippen LogP contribution in [-0.4, -0.2) is 28.7 Å². The maximum absolute atomic E-state index is 11.6. The molecule has 5 heteroatoms. The van der Waals surface area contributed by atoms with E-state index in [1.807, 2.05) is 0 Å². The van der Waals surface area contributed by atoms with Crippen LogP contribution in [0.1, 0.15) is 40.0 Å². The van der Waals surface area contributed by atoms with E-state index < -0.39 is 17.5 Å². The van der Waals surface area contributed by atoms with Gasteiger partial charge in [0, 0.05) is 12.5 Å². The number of nitrogens with one attached hydrogen (secondary N) is 2. The smallest absolute Gasteiger partial charge is 0.329 e. The van der Waals surface area contributed by atoms with Crippen LogP contribution in [0.5, 0.6) is 0 Å². The van der Waals surface area contributed by atoms with Crippen LogP contribution >= 0.6 is 0 Å². The van der Waals surface area contributed by atoms with Crippen LogP contribution in [0, 0.1) is 12.3 Å². The molecule has 2 amide bonds. The van der Waals surface area contributed by atoms with Crippen LogP contribution < -0.4 is 10.6 Å². The highest BCUT2D eigenvalue weighted by Crippen LogP contribution is 2.15. The first-order chi connectivity index (χ1) is 7.91. The van der Waals surface area contributed by atoms with E-state index in [1.54, 1.807) is 20.8 Å². The van der Waals surface area contributed by atoms with Gasteiger partial charge in [0.15, 0.2) is 0 Å². The van der Waals surface area contributed by atoms with E-state index in [-0.39, 0.29) is 6.04 Å². The Labute approximate surface area is 102 Å². The molecule has 0 fully saturated rings. The molecule has 0 aliphatic carbocycles. The van der Waals surface area contributed by atoms with Crippen LogP contribution in [0.3, 0.4) is 0 Å². The summed E-state index contributed by atoms with van der Waals surface area (Å²) in [5.74, 6) is 1.40. The quantitative estimate of drug-likeness (QED) is 0.613. The molecule has 0 saturated carbocycles. The molecule has 0 saturated heterocycles. The topological polar surface area (TPSA) is 78.4 Å². The predicted octanol–water partition coefficient (Wildman–Crippen LogP) is 1.34.